The third kappa shape index (κ3) is 2.25. The van der Waals surface area contributed by atoms with Crippen molar-refractivity contribution in [2.45, 2.75) is 6.30 Å². The SMILES string of the molecule is Oc1c(F)ccc2c(NC(F)(F)F)cccc12. The lowest BCUT2D eigenvalue weighted by Gasteiger charge is -2.13. The van der Waals surface area contributed by atoms with Crippen molar-refractivity contribution < 1.29 is 22.7 Å². The van der Waals surface area contributed by atoms with E-state index in [2.05, 4.69) is 0 Å². The van der Waals surface area contributed by atoms with Gasteiger partial charge in [-0.25, -0.2) is 4.39 Å². The summed E-state index contributed by atoms with van der Waals surface area (Å²) in [7, 11) is 0. The van der Waals surface area contributed by atoms with Crippen LogP contribution in [0.1, 0.15) is 0 Å². The Bertz CT molecular complexity index is 565. The van der Waals surface area contributed by atoms with Crippen LogP contribution in [-0.2, 0) is 0 Å². The van der Waals surface area contributed by atoms with Crippen LogP contribution in [0.15, 0.2) is 30.3 Å². The molecule has 2 nitrogen and oxygen atoms in total. The molecular formula is C11H7F4NO. The molecule has 0 aromatic heterocycles. The molecule has 2 rings (SSSR count). The maximum atomic E-state index is 13.0. The second kappa shape index (κ2) is 3.80. The van der Waals surface area contributed by atoms with E-state index in [-0.39, 0.29) is 16.5 Å². The third-order valence-electron chi connectivity index (χ3n) is 2.26. The smallest absolute Gasteiger partial charge is 0.482 e. The zero-order valence-corrected chi connectivity index (χ0v) is 8.35. The molecule has 0 unspecified atom stereocenters. The molecule has 0 heterocycles. The second-order valence-corrected chi connectivity index (χ2v) is 3.42. The molecule has 0 aliphatic rings. The number of fused-ring (bicyclic) bond motifs is 1. The van der Waals surface area contributed by atoms with Crippen molar-refractivity contribution in [2.75, 3.05) is 5.32 Å². The van der Waals surface area contributed by atoms with Gasteiger partial charge in [0.05, 0.1) is 0 Å². The number of benzene rings is 2. The Morgan fingerprint density at radius 2 is 1.71 bits per heavy atom. The lowest BCUT2D eigenvalue weighted by Crippen LogP contribution is -2.20. The number of phenols is 1. The lowest BCUT2D eigenvalue weighted by atomic mass is 10.1. The van der Waals surface area contributed by atoms with Gasteiger partial charge in [-0.15, -0.1) is 0 Å². The van der Waals surface area contributed by atoms with E-state index in [0.29, 0.717) is 0 Å². The van der Waals surface area contributed by atoms with Crippen molar-refractivity contribution in [1.29, 1.82) is 0 Å². The summed E-state index contributed by atoms with van der Waals surface area (Å²) in [6.07, 6.45) is -4.59. The number of rotatable bonds is 1. The number of alkyl halides is 3. The molecule has 2 N–H and O–H groups in total. The molecule has 90 valence electrons. The summed E-state index contributed by atoms with van der Waals surface area (Å²) in [5, 5.41) is 10.9. The van der Waals surface area contributed by atoms with E-state index in [4.69, 9.17) is 0 Å². The predicted octanol–water partition coefficient (Wildman–Crippen LogP) is 3.62. The van der Waals surface area contributed by atoms with Crippen LogP contribution in [0.2, 0.25) is 0 Å². The minimum atomic E-state index is -4.59. The van der Waals surface area contributed by atoms with Crippen LogP contribution >= 0.6 is 0 Å². The van der Waals surface area contributed by atoms with Gasteiger partial charge in [0, 0.05) is 16.5 Å². The van der Waals surface area contributed by atoms with E-state index >= 15 is 0 Å². The fourth-order valence-corrected chi connectivity index (χ4v) is 1.58. The number of phenolic OH excluding ortho intramolecular Hbond substituents is 1. The molecule has 6 heteroatoms. The maximum Gasteiger partial charge on any atom is 0.482 e. The van der Waals surface area contributed by atoms with Crippen molar-refractivity contribution in [3.05, 3.63) is 36.1 Å². The van der Waals surface area contributed by atoms with E-state index in [1.54, 1.807) is 0 Å². The highest BCUT2D eigenvalue weighted by Gasteiger charge is 2.27. The fraction of sp³-hybridized carbons (Fsp3) is 0.0909. The first-order valence-electron chi connectivity index (χ1n) is 4.63. The highest BCUT2D eigenvalue weighted by molar-refractivity contribution is 5.97. The Hall–Kier alpha value is -1.98. The quantitative estimate of drug-likeness (QED) is 0.594. The molecule has 0 aliphatic heterocycles. The number of hydrogen-bond donors (Lipinski definition) is 2. The van der Waals surface area contributed by atoms with Crippen LogP contribution in [0.4, 0.5) is 23.2 Å². The number of nitrogens with one attached hydrogen (secondary N) is 1. The van der Waals surface area contributed by atoms with Crippen LogP contribution in [0.3, 0.4) is 0 Å². The molecule has 2 aromatic rings. The second-order valence-electron chi connectivity index (χ2n) is 3.42. The summed E-state index contributed by atoms with van der Waals surface area (Å²) >= 11 is 0. The van der Waals surface area contributed by atoms with Gasteiger partial charge in [-0.1, -0.05) is 12.1 Å². The first kappa shape index (κ1) is 11.5. The van der Waals surface area contributed by atoms with Crippen molar-refractivity contribution in [2.24, 2.45) is 0 Å². The van der Waals surface area contributed by atoms with Crippen molar-refractivity contribution in [1.82, 2.24) is 0 Å². The zero-order chi connectivity index (χ0) is 12.6. The van der Waals surface area contributed by atoms with Gasteiger partial charge in [-0.3, -0.25) is 5.32 Å². The Balaban J connectivity index is 2.63. The highest BCUT2D eigenvalue weighted by atomic mass is 19.4. The van der Waals surface area contributed by atoms with Crippen molar-refractivity contribution in [3.8, 4) is 5.75 Å². The number of anilines is 1. The van der Waals surface area contributed by atoms with Gasteiger partial charge >= 0.3 is 6.30 Å². The number of hydrogen-bond acceptors (Lipinski definition) is 2. The monoisotopic (exact) mass is 245 g/mol. The Labute approximate surface area is 93.5 Å². The minimum Gasteiger partial charge on any atom is -0.504 e. The predicted molar refractivity (Wildman–Crippen MR) is 55.2 cm³/mol. The van der Waals surface area contributed by atoms with Gasteiger partial charge in [-0.05, 0) is 18.2 Å². The average molecular weight is 245 g/mol. The van der Waals surface area contributed by atoms with Gasteiger partial charge in [0.1, 0.15) is 0 Å². The fourth-order valence-electron chi connectivity index (χ4n) is 1.58. The van der Waals surface area contributed by atoms with Crippen molar-refractivity contribution in [3.63, 3.8) is 0 Å². The molecule has 0 amide bonds. The normalized spacial score (nSPS) is 11.8. The molecule has 0 saturated carbocycles. The topological polar surface area (TPSA) is 32.3 Å². The van der Waals surface area contributed by atoms with E-state index in [0.717, 1.165) is 6.07 Å². The number of halogens is 4. The summed E-state index contributed by atoms with van der Waals surface area (Å²) in [6.45, 7) is 0. The summed E-state index contributed by atoms with van der Waals surface area (Å²) < 4.78 is 49.6. The first-order valence-corrected chi connectivity index (χ1v) is 4.63. The molecule has 0 radical (unpaired) electrons. The van der Waals surface area contributed by atoms with E-state index in [1.807, 2.05) is 0 Å². The van der Waals surface area contributed by atoms with Crippen LogP contribution in [0, 0.1) is 5.82 Å². The maximum absolute atomic E-state index is 13.0. The van der Waals surface area contributed by atoms with Crippen LogP contribution in [0.25, 0.3) is 10.8 Å². The van der Waals surface area contributed by atoms with E-state index < -0.39 is 17.9 Å². The van der Waals surface area contributed by atoms with Gasteiger partial charge < -0.3 is 5.11 Å². The first-order chi connectivity index (χ1) is 7.88. The molecule has 0 saturated heterocycles. The Morgan fingerprint density at radius 3 is 2.35 bits per heavy atom. The summed E-state index contributed by atoms with van der Waals surface area (Å²) in [6, 6.07) is 5.94. The molecule has 0 spiro atoms. The molecule has 17 heavy (non-hydrogen) atoms. The summed E-state index contributed by atoms with van der Waals surface area (Å²) in [5.74, 6) is -1.53. The molecule has 0 bridgehead atoms. The van der Waals surface area contributed by atoms with Gasteiger partial charge in [0.15, 0.2) is 11.6 Å². The lowest BCUT2D eigenvalue weighted by molar-refractivity contribution is -0.0998. The van der Waals surface area contributed by atoms with Gasteiger partial charge in [-0.2, -0.15) is 13.2 Å². The molecular weight excluding hydrogens is 238 g/mol. The molecule has 0 atom stereocenters. The van der Waals surface area contributed by atoms with Gasteiger partial charge in [0.2, 0.25) is 0 Å². The Kier molecular flexibility index (Phi) is 2.57. The number of aromatic hydroxyl groups is 1. The summed E-state index contributed by atoms with van der Waals surface area (Å²) in [5.41, 5.74) is -0.231. The standard InChI is InChI=1S/C11H7F4NO/c12-8-5-4-6-7(10(8)17)2-1-3-9(6)16-11(13,14)15/h1-5,16-17H. The van der Waals surface area contributed by atoms with Crippen LogP contribution in [0.5, 0.6) is 5.75 Å². The Morgan fingerprint density at radius 1 is 1.00 bits per heavy atom. The highest BCUT2D eigenvalue weighted by Crippen LogP contribution is 2.33. The van der Waals surface area contributed by atoms with Crippen molar-refractivity contribution >= 4 is 16.5 Å². The average Bonchev–Trinajstić information content (AvgIpc) is 2.22. The zero-order valence-electron chi connectivity index (χ0n) is 8.35. The van der Waals surface area contributed by atoms with E-state index in [9.17, 15) is 22.7 Å². The van der Waals surface area contributed by atoms with Gasteiger partial charge in [0.25, 0.3) is 0 Å². The van der Waals surface area contributed by atoms with Crippen LogP contribution < -0.4 is 5.32 Å². The minimum absolute atomic E-state index is 0.0271. The van der Waals surface area contributed by atoms with E-state index in [1.165, 1.54) is 29.6 Å². The third-order valence-corrected chi connectivity index (χ3v) is 2.26. The molecule has 0 aliphatic carbocycles. The van der Waals surface area contributed by atoms with Crippen LogP contribution in [-0.4, -0.2) is 11.4 Å². The largest absolute Gasteiger partial charge is 0.504 e. The molecule has 0 fully saturated rings. The summed E-state index contributed by atoms with van der Waals surface area (Å²) in [4.78, 5) is 0. The molecule has 2 aromatic carbocycles.